The number of hydrogen-bond acceptors (Lipinski definition) is 1. The molecule has 0 saturated carbocycles. The van der Waals surface area contributed by atoms with Gasteiger partial charge in [-0.3, -0.25) is 0 Å². The van der Waals surface area contributed by atoms with E-state index in [-0.39, 0.29) is 5.54 Å². The first-order valence-corrected chi connectivity index (χ1v) is 5.31. The first-order valence-electron chi connectivity index (χ1n) is 4.45. The van der Waals surface area contributed by atoms with Crippen molar-refractivity contribution in [3.63, 3.8) is 0 Å². The van der Waals surface area contributed by atoms with E-state index < -0.39 is 0 Å². The summed E-state index contributed by atoms with van der Waals surface area (Å²) in [7, 11) is 0. The topological polar surface area (TPSA) is 24.4 Å². The fraction of sp³-hybridized carbons (Fsp3) is 0.889. The van der Waals surface area contributed by atoms with Crippen LogP contribution in [0.1, 0.15) is 40.5 Å². The van der Waals surface area contributed by atoms with Crippen molar-refractivity contribution in [3.05, 3.63) is 0 Å². The zero-order valence-electron chi connectivity index (χ0n) is 8.48. The predicted molar refractivity (Wildman–Crippen MR) is 55.9 cm³/mol. The van der Waals surface area contributed by atoms with Gasteiger partial charge in [-0.05, 0) is 0 Å². The van der Waals surface area contributed by atoms with E-state index in [0.717, 1.165) is 17.7 Å². The summed E-state index contributed by atoms with van der Waals surface area (Å²) in [6, 6.07) is 0. The molecule has 71 valence electrons. The summed E-state index contributed by atoms with van der Waals surface area (Å²) in [6.45, 7) is 9.46. The number of rotatable bonds is 3. The molecular formula is C9H19N2Se. The van der Waals surface area contributed by atoms with Gasteiger partial charge in [0.15, 0.2) is 0 Å². The molecule has 12 heavy (non-hydrogen) atoms. The SMILES string of the molecule is CCCCN=C([Se])NC(C)(C)C. The number of aliphatic imine (C=N–C) groups is 1. The molecule has 0 fully saturated rings. The second-order valence-electron chi connectivity index (χ2n) is 3.92. The van der Waals surface area contributed by atoms with E-state index >= 15 is 0 Å². The predicted octanol–water partition coefficient (Wildman–Crippen LogP) is 1.70. The summed E-state index contributed by atoms with van der Waals surface area (Å²) in [5.41, 5.74) is 0.107. The van der Waals surface area contributed by atoms with Crippen LogP contribution >= 0.6 is 0 Å². The standard InChI is InChI=1S/C9H19N2Se/c1-5-6-7-10-8(12)11-9(2,3)4/h5-7H2,1-4H3,(H,10,11). The zero-order chi connectivity index (χ0) is 9.61. The number of nitrogens with zero attached hydrogens (tertiary/aromatic N) is 1. The fourth-order valence-corrected chi connectivity index (χ4v) is 1.53. The summed E-state index contributed by atoms with van der Waals surface area (Å²) in [5.74, 6) is 0. The van der Waals surface area contributed by atoms with Crippen molar-refractivity contribution in [2.45, 2.75) is 46.1 Å². The Kier molecular flexibility index (Phi) is 5.60. The van der Waals surface area contributed by atoms with Crippen molar-refractivity contribution in [3.8, 4) is 0 Å². The van der Waals surface area contributed by atoms with Crippen LogP contribution in [0.5, 0.6) is 0 Å². The van der Waals surface area contributed by atoms with Crippen LogP contribution in [0.3, 0.4) is 0 Å². The molecule has 0 aliphatic heterocycles. The van der Waals surface area contributed by atoms with Crippen LogP contribution in [-0.2, 0) is 0 Å². The molecule has 0 aliphatic carbocycles. The molecule has 0 heterocycles. The third-order valence-corrected chi connectivity index (χ3v) is 1.73. The van der Waals surface area contributed by atoms with E-state index in [2.05, 4.69) is 54.0 Å². The molecule has 0 aromatic heterocycles. The maximum absolute atomic E-state index is 4.35. The normalized spacial score (nSPS) is 13.2. The Morgan fingerprint density at radius 3 is 2.42 bits per heavy atom. The molecule has 3 heteroatoms. The van der Waals surface area contributed by atoms with Crippen LogP contribution < -0.4 is 5.32 Å². The zero-order valence-corrected chi connectivity index (χ0v) is 10.2. The Balaban J connectivity index is 3.70. The first kappa shape index (κ1) is 12.0. The third kappa shape index (κ3) is 8.09. The van der Waals surface area contributed by atoms with Gasteiger partial charge >= 0.3 is 83.7 Å². The Morgan fingerprint density at radius 2 is 2.00 bits per heavy atom. The molecule has 0 saturated heterocycles. The van der Waals surface area contributed by atoms with Gasteiger partial charge in [0.05, 0.1) is 0 Å². The van der Waals surface area contributed by atoms with Gasteiger partial charge in [0.1, 0.15) is 0 Å². The Labute approximate surface area is 84.0 Å². The monoisotopic (exact) mass is 235 g/mol. The quantitative estimate of drug-likeness (QED) is 0.342. The minimum absolute atomic E-state index is 0.107. The summed E-state index contributed by atoms with van der Waals surface area (Å²) in [5, 5.41) is 3.27. The summed E-state index contributed by atoms with van der Waals surface area (Å²) in [4.78, 5) is 4.35. The molecule has 0 aromatic carbocycles. The third-order valence-electron chi connectivity index (χ3n) is 1.25. The van der Waals surface area contributed by atoms with Crippen LogP contribution in [0.4, 0.5) is 0 Å². The molecule has 1 radical (unpaired) electrons. The van der Waals surface area contributed by atoms with Gasteiger partial charge in [0.25, 0.3) is 0 Å². The van der Waals surface area contributed by atoms with Gasteiger partial charge < -0.3 is 0 Å². The first-order chi connectivity index (χ1) is 5.45. The molecular weight excluding hydrogens is 215 g/mol. The van der Waals surface area contributed by atoms with E-state index in [0.29, 0.717) is 0 Å². The van der Waals surface area contributed by atoms with Crippen molar-refractivity contribution in [2.24, 2.45) is 4.99 Å². The van der Waals surface area contributed by atoms with Crippen LogP contribution in [0.15, 0.2) is 4.99 Å². The molecule has 0 rings (SSSR count). The number of amidine groups is 1. The van der Waals surface area contributed by atoms with Crippen molar-refractivity contribution in [1.82, 2.24) is 5.32 Å². The second-order valence-corrected chi connectivity index (χ2v) is 4.73. The molecule has 0 bridgehead atoms. The maximum atomic E-state index is 4.35. The molecule has 1 N–H and O–H groups in total. The Morgan fingerprint density at radius 1 is 1.42 bits per heavy atom. The summed E-state index contributed by atoms with van der Waals surface area (Å²) >= 11 is 2.93. The fourth-order valence-electron chi connectivity index (χ4n) is 0.699. The Hall–Kier alpha value is -0.0105. The second kappa shape index (κ2) is 5.60. The van der Waals surface area contributed by atoms with Gasteiger partial charge in [0.2, 0.25) is 0 Å². The van der Waals surface area contributed by atoms with Crippen LogP contribution in [0.25, 0.3) is 0 Å². The molecule has 0 aromatic rings. The van der Waals surface area contributed by atoms with Crippen molar-refractivity contribution < 1.29 is 0 Å². The van der Waals surface area contributed by atoms with Crippen molar-refractivity contribution in [1.29, 1.82) is 0 Å². The van der Waals surface area contributed by atoms with Gasteiger partial charge in [0, 0.05) is 0 Å². The average molecular weight is 234 g/mol. The molecule has 2 nitrogen and oxygen atoms in total. The molecule has 0 atom stereocenters. The van der Waals surface area contributed by atoms with Crippen LogP contribution in [0, 0.1) is 0 Å². The molecule has 0 amide bonds. The van der Waals surface area contributed by atoms with Crippen molar-refractivity contribution >= 4 is 20.7 Å². The average Bonchev–Trinajstić information content (AvgIpc) is 1.84. The van der Waals surface area contributed by atoms with Gasteiger partial charge in [-0.2, -0.15) is 0 Å². The van der Waals surface area contributed by atoms with E-state index in [4.69, 9.17) is 0 Å². The molecule has 0 unspecified atom stereocenters. The van der Waals surface area contributed by atoms with E-state index in [1.807, 2.05) is 0 Å². The van der Waals surface area contributed by atoms with Gasteiger partial charge in [-0.1, -0.05) is 0 Å². The minimum atomic E-state index is 0.107. The number of unbranched alkanes of at least 4 members (excludes halogenated alkanes) is 1. The number of hydrogen-bond donors (Lipinski definition) is 1. The molecule has 0 spiro atoms. The summed E-state index contributed by atoms with van der Waals surface area (Å²) < 4.78 is 0.927. The van der Waals surface area contributed by atoms with Crippen molar-refractivity contribution in [2.75, 3.05) is 6.54 Å². The van der Waals surface area contributed by atoms with E-state index in [9.17, 15) is 0 Å². The van der Waals surface area contributed by atoms with E-state index in [1.54, 1.807) is 0 Å². The number of nitrogens with one attached hydrogen (secondary N) is 1. The van der Waals surface area contributed by atoms with Crippen LogP contribution in [-0.4, -0.2) is 32.8 Å². The molecule has 0 aliphatic rings. The van der Waals surface area contributed by atoms with E-state index in [1.165, 1.54) is 6.42 Å². The summed E-state index contributed by atoms with van der Waals surface area (Å²) in [6.07, 6.45) is 2.36. The Bertz CT molecular complexity index is 147. The van der Waals surface area contributed by atoms with Crippen LogP contribution in [0.2, 0.25) is 0 Å². The van der Waals surface area contributed by atoms with Gasteiger partial charge in [-0.15, -0.1) is 0 Å². The van der Waals surface area contributed by atoms with Gasteiger partial charge in [-0.25, -0.2) is 0 Å².